The van der Waals surface area contributed by atoms with Gasteiger partial charge in [-0.3, -0.25) is 4.99 Å². The molecule has 3 N–H and O–H groups in total. The second-order valence-corrected chi connectivity index (χ2v) is 6.68. The van der Waals surface area contributed by atoms with Crippen LogP contribution < -0.4 is 15.4 Å². The minimum atomic E-state index is -0.0247. The molecular formula is C18H28ClN3O3. The fourth-order valence-electron chi connectivity index (χ4n) is 2.95. The minimum absolute atomic E-state index is 0.0247. The van der Waals surface area contributed by atoms with Crippen molar-refractivity contribution in [3.05, 3.63) is 28.8 Å². The van der Waals surface area contributed by atoms with Gasteiger partial charge in [0.05, 0.1) is 13.2 Å². The van der Waals surface area contributed by atoms with E-state index in [9.17, 15) is 5.11 Å². The number of aliphatic hydroxyl groups excluding tert-OH is 1. The van der Waals surface area contributed by atoms with Gasteiger partial charge in [0.15, 0.2) is 5.96 Å². The molecule has 1 saturated heterocycles. The van der Waals surface area contributed by atoms with Crippen LogP contribution in [-0.2, 0) is 11.3 Å². The standard InChI is InChI=1S/C18H28ClN3O3/c1-3-25-16-10-15(19)5-4-14(16)11-21-17(20-2)22-12-18(6-8-23)7-9-24-13-18/h4-5,10,23H,3,6-9,11-13H2,1-2H3,(H2,20,21,22). The maximum absolute atomic E-state index is 9.32. The molecule has 0 radical (unpaired) electrons. The van der Waals surface area contributed by atoms with Crippen LogP contribution in [0.15, 0.2) is 23.2 Å². The maximum atomic E-state index is 9.32. The number of guanidine groups is 1. The first kappa shape index (κ1) is 19.8. The molecule has 0 amide bonds. The predicted octanol–water partition coefficient (Wildman–Crippen LogP) is 2.19. The van der Waals surface area contributed by atoms with Gasteiger partial charge < -0.3 is 25.2 Å². The quantitative estimate of drug-likeness (QED) is 0.484. The second kappa shape index (κ2) is 9.85. The Morgan fingerprint density at radius 1 is 1.44 bits per heavy atom. The summed E-state index contributed by atoms with van der Waals surface area (Å²) in [6, 6.07) is 5.62. The Morgan fingerprint density at radius 3 is 2.92 bits per heavy atom. The van der Waals surface area contributed by atoms with Crippen molar-refractivity contribution in [1.82, 2.24) is 10.6 Å². The molecule has 2 rings (SSSR count). The summed E-state index contributed by atoms with van der Waals surface area (Å²) >= 11 is 6.04. The van der Waals surface area contributed by atoms with Gasteiger partial charge in [0.2, 0.25) is 0 Å². The summed E-state index contributed by atoms with van der Waals surface area (Å²) in [7, 11) is 1.74. The number of ether oxygens (including phenoxy) is 2. The second-order valence-electron chi connectivity index (χ2n) is 6.24. The van der Waals surface area contributed by atoms with Gasteiger partial charge in [0, 0.05) is 49.4 Å². The number of hydrogen-bond acceptors (Lipinski definition) is 4. The van der Waals surface area contributed by atoms with Crippen LogP contribution in [0.3, 0.4) is 0 Å². The van der Waals surface area contributed by atoms with Gasteiger partial charge in [-0.1, -0.05) is 17.7 Å². The van der Waals surface area contributed by atoms with E-state index in [0.717, 1.165) is 30.8 Å². The van der Waals surface area contributed by atoms with E-state index in [0.29, 0.717) is 37.3 Å². The molecule has 140 valence electrons. The number of rotatable bonds is 8. The Hall–Kier alpha value is -1.50. The van der Waals surface area contributed by atoms with Crippen LogP contribution in [0.5, 0.6) is 5.75 Å². The van der Waals surface area contributed by atoms with Crippen LogP contribution >= 0.6 is 11.6 Å². The third-order valence-electron chi connectivity index (χ3n) is 4.46. The molecule has 6 nitrogen and oxygen atoms in total. The number of aliphatic imine (C=N–C) groups is 1. The van der Waals surface area contributed by atoms with Crippen LogP contribution in [0.25, 0.3) is 0 Å². The molecule has 1 aliphatic heterocycles. The van der Waals surface area contributed by atoms with Crippen molar-refractivity contribution in [1.29, 1.82) is 0 Å². The van der Waals surface area contributed by atoms with Crippen LogP contribution in [0.2, 0.25) is 5.02 Å². The molecule has 0 aliphatic carbocycles. The summed E-state index contributed by atoms with van der Waals surface area (Å²) in [4.78, 5) is 4.27. The van der Waals surface area contributed by atoms with Gasteiger partial charge in [-0.25, -0.2) is 0 Å². The van der Waals surface area contributed by atoms with E-state index in [1.165, 1.54) is 0 Å². The number of nitrogens with one attached hydrogen (secondary N) is 2. The highest BCUT2D eigenvalue weighted by Gasteiger charge is 2.34. The molecule has 0 spiro atoms. The van der Waals surface area contributed by atoms with Crippen LogP contribution in [0.1, 0.15) is 25.3 Å². The van der Waals surface area contributed by atoms with Gasteiger partial charge >= 0.3 is 0 Å². The van der Waals surface area contributed by atoms with E-state index in [2.05, 4.69) is 15.6 Å². The van der Waals surface area contributed by atoms with E-state index in [-0.39, 0.29) is 12.0 Å². The molecule has 0 bridgehead atoms. The van der Waals surface area contributed by atoms with Gasteiger partial charge in [-0.05, 0) is 31.9 Å². The Labute approximate surface area is 154 Å². The van der Waals surface area contributed by atoms with Crippen molar-refractivity contribution in [2.45, 2.75) is 26.3 Å². The number of halogens is 1. The van der Waals surface area contributed by atoms with E-state index in [1.54, 1.807) is 7.05 Å². The highest BCUT2D eigenvalue weighted by molar-refractivity contribution is 6.30. The lowest BCUT2D eigenvalue weighted by Gasteiger charge is -2.27. The van der Waals surface area contributed by atoms with E-state index in [4.69, 9.17) is 21.1 Å². The van der Waals surface area contributed by atoms with Gasteiger partial charge in [-0.15, -0.1) is 0 Å². The zero-order valence-corrected chi connectivity index (χ0v) is 15.7. The molecule has 1 aromatic rings. The Bertz CT molecular complexity index is 575. The first-order valence-corrected chi connectivity index (χ1v) is 9.04. The topological polar surface area (TPSA) is 75.1 Å². The van der Waals surface area contributed by atoms with E-state index >= 15 is 0 Å². The van der Waals surface area contributed by atoms with Crippen molar-refractivity contribution in [2.24, 2.45) is 10.4 Å². The van der Waals surface area contributed by atoms with Crippen molar-refractivity contribution in [2.75, 3.05) is 40.0 Å². The summed E-state index contributed by atoms with van der Waals surface area (Å²) in [5.41, 5.74) is 0.992. The van der Waals surface area contributed by atoms with Crippen LogP contribution in [0.4, 0.5) is 0 Å². The highest BCUT2D eigenvalue weighted by atomic mass is 35.5. The maximum Gasteiger partial charge on any atom is 0.191 e. The molecule has 7 heteroatoms. The fourth-order valence-corrected chi connectivity index (χ4v) is 3.11. The summed E-state index contributed by atoms with van der Waals surface area (Å²) in [5, 5.41) is 16.6. The van der Waals surface area contributed by atoms with Crippen molar-refractivity contribution in [3.63, 3.8) is 0 Å². The normalized spacial score (nSPS) is 20.6. The SMILES string of the molecule is CCOc1cc(Cl)ccc1CNC(=NC)NCC1(CCO)CCOC1. The number of hydrogen-bond donors (Lipinski definition) is 3. The number of benzene rings is 1. The summed E-state index contributed by atoms with van der Waals surface area (Å²) < 4.78 is 11.2. The Balaban J connectivity index is 1.92. The predicted molar refractivity (Wildman–Crippen MR) is 100 cm³/mol. The minimum Gasteiger partial charge on any atom is -0.493 e. The third kappa shape index (κ3) is 5.76. The Kier molecular flexibility index (Phi) is 7.81. The van der Waals surface area contributed by atoms with Crippen molar-refractivity contribution < 1.29 is 14.6 Å². The van der Waals surface area contributed by atoms with Crippen molar-refractivity contribution in [3.8, 4) is 5.75 Å². The van der Waals surface area contributed by atoms with Gasteiger partial charge in [0.1, 0.15) is 5.75 Å². The molecule has 1 aliphatic rings. The van der Waals surface area contributed by atoms with Crippen LogP contribution in [-0.4, -0.2) is 51.1 Å². The molecule has 0 saturated carbocycles. The summed E-state index contributed by atoms with van der Waals surface area (Å²) in [5.74, 6) is 1.49. The highest BCUT2D eigenvalue weighted by Crippen LogP contribution is 2.31. The first-order valence-electron chi connectivity index (χ1n) is 8.67. The lowest BCUT2D eigenvalue weighted by atomic mass is 9.84. The van der Waals surface area contributed by atoms with E-state index < -0.39 is 0 Å². The molecule has 1 aromatic carbocycles. The molecule has 1 fully saturated rings. The van der Waals surface area contributed by atoms with E-state index in [1.807, 2.05) is 25.1 Å². The smallest absolute Gasteiger partial charge is 0.191 e. The summed E-state index contributed by atoms with van der Waals surface area (Å²) in [6.07, 6.45) is 1.67. The molecular weight excluding hydrogens is 342 g/mol. The van der Waals surface area contributed by atoms with Gasteiger partial charge in [-0.2, -0.15) is 0 Å². The Morgan fingerprint density at radius 2 is 2.28 bits per heavy atom. The summed E-state index contributed by atoms with van der Waals surface area (Å²) in [6.45, 7) is 5.41. The average Bonchev–Trinajstić information content (AvgIpc) is 3.06. The zero-order chi connectivity index (χ0) is 18.1. The third-order valence-corrected chi connectivity index (χ3v) is 4.69. The molecule has 0 aromatic heterocycles. The lowest BCUT2D eigenvalue weighted by molar-refractivity contribution is 0.127. The molecule has 25 heavy (non-hydrogen) atoms. The molecule has 1 unspecified atom stereocenters. The monoisotopic (exact) mass is 369 g/mol. The molecule has 1 atom stereocenters. The zero-order valence-electron chi connectivity index (χ0n) is 15.0. The molecule has 1 heterocycles. The average molecular weight is 370 g/mol. The number of nitrogens with zero attached hydrogens (tertiary/aromatic N) is 1. The fraction of sp³-hybridized carbons (Fsp3) is 0.611. The first-order chi connectivity index (χ1) is 12.1. The lowest BCUT2D eigenvalue weighted by Crippen LogP contribution is -2.44. The van der Waals surface area contributed by atoms with Crippen LogP contribution in [0, 0.1) is 5.41 Å². The largest absolute Gasteiger partial charge is 0.493 e. The number of aliphatic hydroxyl groups is 1. The van der Waals surface area contributed by atoms with Gasteiger partial charge in [0.25, 0.3) is 0 Å². The van der Waals surface area contributed by atoms with Crippen molar-refractivity contribution >= 4 is 17.6 Å².